The minimum Gasteiger partial charge on any atom is -0.398 e. The molecule has 0 saturated heterocycles. The molecule has 2 rings (SSSR count). The van der Waals surface area contributed by atoms with Gasteiger partial charge in [-0.1, -0.05) is 24.3 Å². The van der Waals surface area contributed by atoms with Gasteiger partial charge in [0.1, 0.15) is 0 Å². The van der Waals surface area contributed by atoms with Gasteiger partial charge in [-0.05, 0) is 61.6 Å². The predicted molar refractivity (Wildman–Crippen MR) is 75.2 cm³/mol. The van der Waals surface area contributed by atoms with Gasteiger partial charge in [-0.25, -0.2) is 0 Å². The van der Waals surface area contributed by atoms with Gasteiger partial charge in [0.2, 0.25) is 0 Å². The van der Waals surface area contributed by atoms with Crippen LogP contribution in [-0.2, 0) is 0 Å². The molecule has 0 saturated carbocycles. The fourth-order valence-electron chi connectivity index (χ4n) is 2.18. The average Bonchev–Trinajstić information content (AvgIpc) is 2.24. The van der Waals surface area contributed by atoms with E-state index in [1.165, 1.54) is 27.8 Å². The highest BCUT2D eigenvalue weighted by Gasteiger charge is 2.07. The van der Waals surface area contributed by atoms with Gasteiger partial charge in [-0.15, -0.1) is 0 Å². The van der Waals surface area contributed by atoms with E-state index in [1.54, 1.807) is 0 Å². The SMILES string of the molecule is Cc1ccc(-c2cc(C)c(C)cc2C)c(N)c1. The molecule has 0 unspecified atom stereocenters. The molecule has 0 atom stereocenters. The van der Waals surface area contributed by atoms with E-state index in [4.69, 9.17) is 5.73 Å². The van der Waals surface area contributed by atoms with Crippen molar-refractivity contribution < 1.29 is 0 Å². The summed E-state index contributed by atoms with van der Waals surface area (Å²) in [6.07, 6.45) is 0. The van der Waals surface area contributed by atoms with Gasteiger partial charge in [-0.2, -0.15) is 0 Å². The van der Waals surface area contributed by atoms with Crippen molar-refractivity contribution in [3.05, 3.63) is 52.6 Å². The minimum absolute atomic E-state index is 0.858. The summed E-state index contributed by atoms with van der Waals surface area (Å²) in [5.41, 5.74) is 14.5. The lowest BCUT2D eigenvalue weighted by atomic mass is 9.94. The van der Waals surface area contributed by atoms with Crippen LogP contribution in [0.15, 0.2) is 30.3 Å². The average molecular weight is 225 g/mol. The molecule has 2 aromatic carbocycles. The van der Waals surface area contributed by atoms with Gasteiger partial charge in [0.05, 0.1) is 0 Å². The van der Waals surface area contributed by atoms with Crippen molar-refractivity contribution in [2.75, 3.05) is 5.73 Å². The maximum Gasteiger partial charge on any atom is 0.0396 e. The second-order valence-electron chi connectivity index (χ2n) is 4.84. The van der Waals surface area contributed by atoms with E-state index in [-0.39, 0.29) is 0 Å². The molecular weight excluding hydrogens is 206 g/mol. The van der Waals surface area contributed by atoms with Crippen molar-refractivity contribution in [3.63, 3.8) is 0 Å². The Bertz CT molecular complexity index is 568. The van der Waals surface area contributed by atoms with Crippen LogP contribution < -0.4 is 5.73 Å². The van der Waals surface area contributed by atoms with E-state index in [2.05, 4.69) is 52.0 Å². The summed E-state index contributed by atoms with van der Waals surface area (Å²) in [6.45, 7) is 8.49. The minimum atomic E-state index is 0.858. The van der Waals surface area contributed by atoms with Gasteiger partial charge in [0.25, 0.3) is 0 Å². The number of aryl methyl sites for hydroxylation is 4. The molecule has 17 heavy (non-hydrogen) atoms. The predicted octanol–water partition coefficient (Wildman–Crippen LogP) is 4.17. The van der Waals surface area contributed by atoms with Crippen molar-refractivity contribution >= 4 is 5.69 Å². The molecule has 2 aromatic rings. The molecule has 0 heterocycles. The number of rotatable bonds is 1. The Kier molecular flexibility index (Phi) is 2.93. The van der Waals surface area contributed by atoms with Crippen molar-refractivity contribution in [2.45, 2.75) is 27.7 Å². The molecular formula is C16H19N. The van der Waals surface area contributed by atoms with Crippen molar-refractivity contribution in [1.29, 1.82) is 0 Å². The number of anilines is 1. The third-order valence-corrected chi connectivity index (χ3v) is 3.34. The smallest absolute Gasteiger partial charge is 0.0396 e. The van der Waals surface area contributed by atoms with E-state index < -0.39 is 0 Å². The molecule has 0 fully saturated rings. The van der Waals surface area contributed by atoms with E-state index in [0.29, 0.717) is 0 Å². The Labute approximate surface area is 103 Å². The van der Waals surface area contributed by atoms with E-state index in [1.807, 2.05) is 6.07 Å². The molecule has 0 aliphatic heterocycles. The summed E-state index contributed by atoms with van der Waals surface area (Å²) in [4.78, 5) is 0. The van der Waals surface area contributed by atoms with Crippen LogP contribution in [-0.4, -0.2) is 0 Å². The third-order valence-electron chi connectivity index (χ3n) is 3.34. The first-order valence-corrected chi connectivity index (χ1v) is 5.93. The Balaban J connectivity index is 2.64. The zero-order valence-electron chi connectivity index (χ0n) is 11.0. The van der Waals surface area contributed by atoms with Crippen molar-refractivity contribution in [2.24, 2.45) is 0 Å². The summed E-state index contributed by atoms with van der Waals surface area (Å²) in [5.74, 6) is 0. The highest BCUT2D eigenvalue weighted by Crippen LogP contribution is 2.31. The van der Waals surface area contributed by atoms with Crippen LogP contribution in [0.5, 0.6) is 0 Å². The maximum absolute atomic E-state index is 6.11. The first kappa shape index (κ1) is 11.7. The molecule has 0 spiro atoms. The number of hydrogen-bond acceptors (Lipinski definition) is 1. The lowest BCUT2D eigenvalue weighted by Gasteiger charge is -2.12. The van der Waals surface area contributed by atoms with Gasteiger partial charge < -0.3 is 5.73 Å². The van der Waals surface area contributed by atoms with E-state index >= 15 is 0 Å². The normalized spacial score (nSPS) is 10.6. The van der Waals surface area contributed by atoms with Crippen LogP contribution >= 0.6 is 0 Å². The van der Waals surface area contributed by atoms with Crippen LogP contribution in [0.25, 0.3) is 11.1 Å². The van der Waals surface area contributed by atoms with Crippen molar-refractivity contribution in [1.82, 2.24) is 0 Å². The number of nitrogen functional groups attached to an aromatic ring is 1. The monoisotopic (exact) mass is 225 g/mol. The summed E-state index contributed by atoms with van der Waals surface area (Å²) in [6, 6.07) is 10.7. The first-order chi connectivity index (χ1) is 7.99. The van der Waals surface area contributed by atoms with Crippen molar-refractivity contribution in [3.8, 4) is 11.1 Å². The lowest BCUT2D eigenvalue weighted by molar-refractivity contribution is 1.30. The number of nitrogens with two attached hydrogens (primary N) is 1. The molecule has 1 nitrogen and oxygen atoms in total. The summed E-state index contributed by atoms with van der Waals surface area (Å²) in [7, 11) is 0. The fraction of sp³-hybridized carbons (Fsp3) is 0.250. The molecule has 0 aliphatic rings. The standard InChI is InChI=1S/C16H19N/c1-10-5-6-14(16(17)7-10)15-9-12(3)11(2)8-13(15)4/h5-9H,17H2,1-4H3. The zero-order valence-corrected chi connectivity index (χ0v) is 11.0. The van der Waals surface area contributed by atoms with Crippen LogP contribution in [0.1, 0.15) is 22.3 Å². The summed E-state index contributed by atoms with van der Waals surface area (Å²) >= 11 is 0. The van der Waals surface area contributed by atoms with Crippen LogP contribution in [0, 0.1) is 27.7 Å². The molecule has 0 bridgehead atoms. The molecule has 0 aliphatic carbocycles. The Morgan fingerprint density at radius 2 is 1.35 bits per heavy atom. The summed E-state index contributed by atoms with van der Waals surface area (Å²) in [5, 5.41) is 0. The summed E-state index contributed by atoms with van der Waals surface area (Å²) < 4.78 is 0. The molecule has 0 radical (unpaired) electrons. The third kappa shape index (κ3) is 2.19. The van der Waals surface area contributed by atoms with Gasteiger partial charge >= 0.3 is 0 Å². The second kappa shape index (κ2) is 4.25. The van der Waals surface area contributed by atoms with Crippen LogP contribution in [0.3, 0.4) is 0 Å². The second-order valence-corrected chi connectivity index (χ2v) is 4.84. The Morgan fingerprint density at radius 3 is 2.00 bits per heavy atom. The quantitative estimate of drug-likeness (QED) is 0.724. The topological polar surface area (TPSA) is 26.0 Å². The van der Waals surface area contributed by atoms with Crippen LogP contribution in [0.4, 0.5) is 5.69 Å². The largest absolute Gasteiger partial charge is 0.398 e. The maximum atomic E-state index is 6.11. The Morgan fingerprint density at radius 1 is 0.706 bits per heavy atom. The van der Waals surface area contributed by atoms with Gasteiger partial charge in [-0.3, -0.25) is 0 Å². The zero-order chi connectivity index (χ0) is 12.6. The molecule has 0 aromatic heterocycles. The van der Waals surface area contributed by atoms with Gasteiger partial charge in [0.15, 0.2) is 0 Å². The number of hydrogen-bond donors (Lipinski definition) is 1. The molecule has 88 valence electrons. The lowest BCUT2D eigenvalue weighted by Crippen LogP contribution is -1.94. The highest BCUT2D eigenvalue weighted by molar-refractivity contribution is 5.79. The highest BCUT2D eigenvalue weighted by atomic mass is 14.6. The molecule has 2 N–H and O–H groups in total. The van der Waals surface area contributed by atoms with E-state index in [0.717, 1.165) is 11.3 Å². The number of benzene rings is 2. The van der Waals surface area contributed by atoms with E-state index in [9.17, 15) is 0 Å². The van der Waals surface area contributed by atoms with Gasteiger partial charge in [0, 0.05) is 11.3 Å². The fourth-order valence-corrected chi connectivity index (χ4v) is 2.18. The van der Waals surface area contributed by atoms with Crippen LogP contribution in [0.2, 0.25) is 0 Å². The first-order valence-electron chi connectivity index (χ1n) is 5.93. The molecule has 0 amide bonds. The molecule has 1 heteroatoms. The Hall–Kier alpha value is -1.76.